The maximum Gasteiger partial charge on any atom is 0.0694 e. The zero-order valence-corrected chi connectivity index (χ0v) is 10.0. The van der Waals surface area contributed by atoms with Crippen LogP contribution in [0.1, 0.15) is 38.8 Å². The van der Waals surface area contributed by atoms with E-state index in [0.29, 0.717) is 0 Å². The molecule has 0 fully saturated rings. The molecule has 80 valence electrons. The first-order valence-electron chi connectivity index (χ1n) is 5.23. The molecule has 0 aliphatic rings. The van der Waals surface area contributed by atoms with Gasteiger partial charge in [0.05, 0.1) is 5.69 Å². The Hall–Kier alpha value is -1.37. The summed E-state index contributed by atoms with van der Waals surface area (Å²) in [5.41, 5.74) is 3.58. The lowest BCUT2D eigenvalue weighted by atomic mass is 9.86. The van der Waals surface area contributed by atoms with Crippen molar-refractivity contribution < 1.29 is 0 Å². The Kier molecular flexibility index (Phi) is 3.46. The zero-order chi connectivity index (χ0) is 11.5. The molecule has 0 bridgehead atoms. The molecule has 1 heteroatoms. The fourth-order valence-electron chi connectivity index (χ4n) is 1.48. The van der Waals surface area contributed by atoms with E-state index in [-0.39, 0.29) is 5.41 Å². The highest BCUT2D eigenvalue weighted by atomic mass is 14.7. The Morgan fingerprint density at radius 1 is 1.27 bits per heavy atom. The van der Waals surface area contributed by atoms with Gasteiger partial charge in [-0.25, -0.2) is 0 Å². The number of hydrogen-bond donors (Lipinski definition) is 0. The Bertz CT molecular complexity index is 381. The van der Waals surface area contributed by atoms with Gasteiger partial charge in [-0.1, -0.05) is 39.0 Å². The molecule has 0 heterocycles. The van der Waals surface area contributed by atoms with E-state index in [0.717, 1.165) is 11.3 Å². The highest BCUT2D eigenvalue weighted by Crippen LogP contribution is 2.28. The summed E-state index contributed by atoms with van der Waals surface area (Å²) in [4.78, 5) is 4.01. The van der Waals surface area contributed by atoms with Crippen LogP contribution in [0.15, 0.2) is 29.3 Å². The predicted octanol–water partition coefficient (Wildman–Crippen LogP) is 4.35. The van der Waals surface area contributed by atoms with Crippen LogP contribution in [-0.4, -0.2) is 6.72 Å². The molecule has 1 nitrogen and oxygen atoms in total. The molecule has 0 N–H and O–H groups in total. The Balaban J connectivity index is 3.28. The molecule has 0 atom stereocenters. The van der Waals surface area contributed by atoms with Crippen molar-refractivity contribution in [2.75, 3.05) is 0 Å². The average molecular weight is 201 g/mol. The van der Waals surface area contributed by atoms with Crippen molar-refractivity contribution >= 4 is 18.5 Å². The summed E-state index contributed by atoms with van der Waals surface area (Å²) in [6, 6.07) is 6.34. The van der Waals surface area contributed by atoms with Gasteiger partial charge in [-0.05, 0) is 36.8 Å². The first kappa shape index (κ1) is 11.7. The molecule has 0 amide bonds. The van der Waals surface area contributed by atoms with Crippen LogP contribution in [-0.2, 0) is 5.41 Å². The van der Waals surface area contributed by atoms with E-state index in [1.54, 1.807) is 0 Å². The SMILES string of the molecule is C=Nc1ccc(C(C)(C)C)cc1/C=C\C. The third kappa shape index (κ3) is 2.79. The van der Waals surface area contributed by atoms with Gasteiger partial charge in [-0.2, -0.15) is 0 Å². The number of benzene rings is 1. The van der Waals surface area contributed by atoms with E-state index in [4.69, 9.17) is 0 Å². The monoisotopic (exact) mass is 201 g/mol. The zero-order valence-electron chi connectivity index (χ0n) is 10.0. The van der Waals surface area contributed by atoms with Crippen LogP contribution in [0.4, 0.5) is 5.69 Å². The van der Waals surface area contributed by atoms with Crippen molar-refractivity contribution in [2.45, 2.75) is 33.1 Å². The summed E-state index contributed by atoms with van der Waals surface area (Å²) in [5.74, 6) is 0. The topological polar surface area (TPSA) is 12.4 Å². The summed E-state index contributed by atoms with van der Waals surface area (Å²) in [5, 5.41) is 0. The average Bonchev–Trinajstić information content (AvgIpc) is 2.17. The minimum atomic E-state index is 0.177. The van der Waals surface area contributed by atoms with Gasteiger partial charge >= 0.3 is 0 Å². The van der Waals surface area contributed by atoms with Crippen LogP contribution in [0.25, 0.3) is 6.08 Å². The predicted molar refractivity (Wildman–Crippen MR) is 69.1 cm³/mol. The molecule has 0 aromatic heterocycles. The Morgan fingerprint density at radius 3 is 2.40 bits per heavy atom. The summed E-state index contributed by atoms with van der Waals surface area (Å²) in [6.07, 6.45) is 4.09. The molecule has 15 heavy (non-hydrogen) atoms. The van der Waals surface area contributed by atoms with Crippen LogP contribution in [0, 0.1) is 0 Å². The normalized spacial score (nSPS) is 12.0. The largest absolute Gasteiger partial charge is 0.264 e. The third-order valence-corrected chi connectivity index (χ3v) is 2.41. The number of rotatable bonds is 2. The van der Waals surface area contributed by atoms with E-state index < -0.39 is 0 Å². The second-order valence-electron chi connectivity index (χ2n) is 4.68. The van der Waals surface area contributed by atoms with Crippen molar-refractivity contribution in [3.8, 4) is 0 Å². The highest BCUT2D eigenvalue weighted by molar-refractivity contribution is 5.66. The molecule has 0 aliphatic heterocycles. The van der Waals surface area contributed by atoms with Gasteiger partial charge in [-0.3, -0.25) is 4.99 Å². The van der Waals surface area contributed by atoms with Gasteiger partial charge in [0.15, 0.2) is 0 Å². The highest BCUT2D eigenvalue weighted by Gasteiger charge is 2.14. The number of hydrogen-bond acceptors (Lipinski definition) is 1. The molecular formula is C14H19N. The first-order chi connectivity index (χ1) is 6.99. The molecule has 1 rings (SSSR count). The van der Waals surface area contributed by atoms with Crippen LogP contribution in [0.5, 0.6) is 0 Å². The van der Waals surface area contributed by atoms with Gasteiger partial charge in [-0.15, -0.1) is 0 Å². The van der Waals surface area contributed by atoms with Gasteiger partial charge in [0.1, 0.15) is 0 Å². The van der Waals surface area contributed by atoms with Crippen LogP contribution in [0.2, 0.25) is 0 Å². The van der Waals surface area contributed by atoms with Crippen molar-refractivity contribution in [1.82, 2.24) is 0 Å². The fraction of sp³-hybridized carbons (Fsp3) is 0.357. The lowest BCUT2D eigenvalue weighted by Gasteiger charge is -2.20. The first-order valence-corrected chi connectivity index (χ1v) is 5.23. The molecule has 0 unspecified atom stereocenters. The maximum absolute atomic E-state index is 4.01. The number of nitrogens with zero attached hydrogens (tertiary/aromatic N) is 1. The molecule has 0 spiro atoms. The van der Waals surface area contributed by atoms with Gasteiger partial charge in [0.25, 0.3) is 0 Å². The molecule has 1 aromatic rings. The summed E-state index contributed by atoms with van der Waals surface area (Å²) in [7, 11) is 0. The maximum atomic E-state index is 4.01. The Morgan fingerprint density at radius 2 is 1.93 bits per heavy atom. The minimum Gasteiger partial charge on any atom is -0.264 e. The van der Waals surface area contributed by atoms with Gasteiger partial charge in [0, 0.05) is 5.56 Å². The van der Waals surface area contributed by atoms with Gasteiger partial charge in [0.2, 0.25) is 0 Å². The van der Waals surface area contributed by atoms with Crippen LogP contribution in [0.3, 0.4) is 0 Å². The number of allylic oxidation sites excluding steroid dienone is 1. The van der Waals surface area contributed by atoms with E-state index in [2.05, 4.69) is 50.7 Å². The van der Waals surface area contributed by atoms with Gasteiger partial charge < -0.3 is 0 Å². The van der Waals surface area contributed by atoms with Crippen molar-refractivity contribution in [3.05, 3.63) is 35.4 Å². The lowest BCUT2D eigenvalue weighted by molar-refractivity contribution is 0.590. The van der Waals surface area contributed by atoms with E-state index in [1.165, 1.54) is 5.56 Å². The van der Waals surface area contributed by atoms with Crippen molar-refractivity contribution in [2.24, 2.45) is 4.99 Å². The van der Waals surface area contributed by atoms with Crippen molar-refractivity contribution in [1.29, 1.82) is 0 Å². The van der Waals surface area contributed by atoms with E-state index in [1.807, 2.05) is 19.1 Å². The molecule has 0 aliphatic carbocycles. The molecule has 1 aromatic carbocycles. The minimum absolute atomic E-state index is 0.177. The van der Waals surface area contributed by atoms with Crippen molar-refractivity contribution in [3.63, 3.8) is 0 Å². The summed E-state index contributed by atoms with van der Waals surface area (Å²) in [6.45, 7) is 12.2. The number of aliphatic imine (C=N–C) groups is 1. The Labute approximate surface area is 92.6 Å². The van der Waals surface area contributed by atoms with Crippen LogP contribution >= 0.6 is 0 Å². The van der Waals surface area contributed by atoms with Crippen LogP contribution < -0.4 is 0 Å². The lowest BCUT2D eigenvalue weighted by Crippen LogP contribution is -2.10. The quantitative estimate of drug-likeness (QED) is 0.631. The third-order valence-electron chi connectivity index (χ3n) is 2.41. The van der Waals surface area contributed by atoms with E-state index >= 15 is 0 Å². The smallest absolute Gasteiger partial charge is 0.0694 e. The molecular weight excluding hydrogens is 182 g/mol. The molecule has 0 radical (unpaired) electrons. The molecule has 0 saturated heterocycles. The summed E-state index contributed by atoms with van der Waals surface area (Å²) >= 11 is 0. The second-order valence-corrected chi connectivity index (χ2v) is 4.68. The summed E-state index contributed by atoms with van der Waals surface area (Å²) < 4.78 is 0. The molecule has 0 saturated carbocycles. The van der Waals surface area contributed by atoms with E-state index in [9.17, 15) is 0 Å². The fourth-order valence-corrected chi connectivity index (χ4v) is 1.48. The second kappa shape index (κ2) is 4.43. The standard InChI is InChI=1S/C14H19N/c1-6-7-11-10-12(14(2,3)4)8-9-13(11)15-5/h6-10H,5H2,1-4H3/b7-6-.